The van der Waals surface area contributed by atoms with Crippen LogP contribution in [-0.4, -0.2) is 49.6 Å². The number of nitrogens with one attached hydrogen (secondary N) is 2. The van der Waals surface area contributed by atoms with Gasteiger partial charge in [-0.1, -0.05) is 6.92 Å². The molecule has 0 spiro atoms. The number of nitrogens with zero attached hydrogens (tertiary/aromatic N) is 1. The average Bonchev–Trinajstić information content (AvgIpc) is 2.95. The van der Waals surface area contributed by atoms with Crippen LogP contribution in [0, 0.1) is 17.8 Å². The summed E-state index contributed by atoms with van der Waals surface area (Å²) in [5.41, 5.74) is 0. The molecule has 0 radical (unpaired) electrons. The molecule has 0 aromatic rings. The van der Waals surface area contributed by atoms with Gasteiger partial charge in [-0.2, -0.15) is 0 Å². The van der Waals surface area contributed by atoms with Gasteiger partial charge in [0, 0.05) is 25.6 Å². The molecule has 0 saturated carbocycles. The minimum Gasteiger partial charge on any atom is -0.356 e. The van der Waals surface area contributed by atoms with Crippen molar-refractivity contribution in [2.45, 2.75) is 52.5 Å². The predicted molar refractivity (Wildman–Crippen MR) is 87.2 cm³/mol. The van der Waals surface area contributed by atoms with E-state index in [1.807, 2.05) is 0 Å². The van der Waals surface area contributed by atoms with Gasteiger partial charge in [0.25, 0.3) is 0 Å². The largest absolute Gasteiger partial charge is 0.356 e. The smallest absolute Gasteiger partial charge is 0.220 e. The highest BCUT2D eigenvalue weighted by Gasteiger charge is 2.25. The van der Waals surface area contributed by atoms with E-state index in [-0.39, 0.29) is 5.91 Å². The van der Waals surface area contributed by atoms with Gasteiger partial charge in [0.1, 0.15) is 0 Å². The Morgan fingerprint density at radius 2 is 2.14 bits per heavy atom. The molecular formula is C17H33N3O. The minimum absolute atomic E-state index is 0.246. The van der Waals surface area contributed by atoms with Crippen LogP contribution in [0.4, 0.5) is 0 Å². The van der Waals surface area contributed by atoms with Crippen molar-refractivity contribution in [3.05, 3.63) is 0 Å². The summed E-state index contributed by atoms with van der Waals surface area (Å²) in [6, 6.07) is 0.629. The number of carbonyl (C=O) groups excluding carboxylic acids is 1. The Bertz CT molecular complexity index is 326. The van der Waals surface area contributed by atoms with Crippen LogP contribution in [0.5, 0.6) is 0 Å². The van der Waals surface area contributed by atoms with Crippen LogP contribution < -0.4 is 10.6 Å². The van der Waals surface area contributed by atoms with E-state index in [2.05, 4.69) is 36.3 Å². The molecule has 0 aromatic carbocycles. The zero-order valence-electron chi connectivity index (χ0n) is 14.0. The molecule has 2 rings (SSSR count). The predicted octanol–water partition coefficient (Wildman–Crippen LogP) is 1.86. The van der Waals surface area contributed by atoms with Gasteiger partial charge in [-0.15, -0.1) is 0 Å². The summed E-state index contributed by atoms with van der Waals surface area (Å²) in [6.45, 7) is 12.1. The molecule has 1 amide bonds. The third kappa shape index (κ3) is 5.26. The summed E-state index contributed by atoms with van der Waals surface area (Å²) in [4.78, 5) is 14.6. The van der Waals surface area contributed by atoms with Crippen LogP contribution in [0.2, 0.25) is 0 Å². The van der Waals surface area contributed by atoms with Crippen molar-refractivity contribution in [1.29, 1.82) is 0 Å². The zero-order valence-corrected chi connectivity index (χ0v) is 14.0. The average molecular weight is 295 g/mol. The number of hydrogen-bond donors (Lipinski definition) is 2. The van der Waals surface area contributed by atoms with Crippen molar-refractivity contribution in [3.63, 3.8) is 0 Å². The lowest BCUT2D eigenvalue weighted by atomic mass is 9.85. The Morgan fingerprint density at radius 1 is 1.33 bits per heavy atom. The van der Waals surface area contributed by atoms with Crippen LogP contribution in [0.25, 0.3) is 0 Å². The molecule has 3 unspecified atom stereocenters. The molecule has 0 aliphatic carbocycles. The van der Waals surface area contributed by atoms with Gasteiger partial charge in [0.05, 0.1) is 0 Å². The summed E-state index contributed by atoms with van der Waals surface area (Å²) in [5, 5.41) is 6.61. The Morgan fingerprint density at radius 3 is 2.76 bits per heavy atom. The van der Waals surface area contributed by atoms with Gasteiger partial charge in [0.2, 0.25) is 5.91 Å². The second-order valence-corrected chi connectivity index (χ2v) is 7.34. The maximum absolute atomic E-state index is 12.1. The van der Waals surface area contributed by atoms with E-state index in [4.69, 9.17) is 0 Å². The molecule has 2 fully saturated rings. The van der Waals surface area contributed by atoms with Gasteiger partial charge in [-0.3, -0.25) is 4.79 Å². The van der Waals surface area contributed by atoms with Crippen LogP contribution in [0.15, 0.2) is 0 Å². The van der Waals surface area contributed by atoms with Crippen molar-refractivity contribution < 1.29 is 4.79 Å². The molecule has 2 saturated heterocycles. The molecule has 0 bridgehead atoms. The Hall–Kier alpha value is -0.610. The molecule has 2 aliphatic rings. The van der Waals surface area contributed by atoms with E-state index in [1.54, 1.807) is 0 Å². The molecule has 2 heterocycles. The van der Waals surface area contributed by atoms with Crippen molar-refractivity contribution >= 4 is 5.91 Å². The Balaban J connectivity index is 1.63. The van der Waals surface area contributed by atoms with Gasteiger partial charge < -0.3 is 15.5 Å². The lowest BCUT2D eigenvalue weighted by Crippen LogP contribution is -2.37. The fourth-order valence-electron chi connectivity index (χ4n) is 3.65. The molecule has 4 heteroatoms. The van der Waals surface area contributed by atoms with E-state index in [1.165, 1.54) is 25.8 Å². The Labute approximate surface area is 130 Å². The number of hydrogen-bond acceptors (Lipinski definition) is 3. The second kappa shape index (κ2) is 8.14. The molecule has 2 N–H and O–H groups in total. The van der Waals surface area contributed by atoms with Gasteiger partial charge in [0.15, 0.2) is 0 Å². The third-order valence-corrected chi connectivity index (χ3v) is 5.28. The topological polar surface area (TPSA) is 44.4 Å². The Kier molecular flexibility index (Phi) is 6.49. The van der Waals surface area contributed by atoms with E-state index in [0.717, 1.165) is 26.2 Å². The van der Waals surface area contributed by atoms with Crippen molar-refractivity contribution in [3.8, 4) is 0 Å². The fraction of sp³-hybridized carbons (Fsp3) is 0.941. The first-order valence-electron chi connectivity index (χ1n) is 8.77. The summed E-state index contributed by atoms with van der Waals surface area (Å²) in [5.74, 6) is 2.06. The summed E-state index contributed by atoms with van der Waals surface area (Å²) in [7, 11) is 0. The highest BCUT2D eigenvalue weighted by molar-refractivity contribution is 5.76. The number of amides is 1. The highest BCUT2D eigenvalue weighted by atomic mass is 16.1. The van der Waals surface area contributed by atoms with Crippen LogP contribution >= 0.6 is 0 Å². The molecule has 4 nitrogen and oxygen atoms in total. The molecule has 0 aromatic heterocycles. The standard InChI is InChI=1S/C17H33N3O/c1-13(2)20-8-6-15(12-20)10-19-17(21)9-14(3)16-5-4-7-18-11-16/h13-16,18H,4-12H2,1-3H3,(H,19,21). The summed E-state index contributed by atoms with van der Waals surface area (Å²) < 4.78 is 0. The van der Waals surface area contributed by atoms with Crippen LogP contribution in [0.1, 0.15) is 46.5 Å². The van der Waals surface area contributed by atoms with Gasteiger partial charge in [-0.25, -0.2) is 0 Å². The fourth-order valence-corrected chi connectivity index (χ4v) is 3.65. The van der Waals surface area contributed by atoms with Crippen LogP contribution in [-0.2, 0) is 4.79 Å². The van der Waals surface area contributed by atoms with Crippen molar-refractivity contribution in [2.75, 3.05) is 32.7 Å². The van der Waals surface area contributed by atoms with Crippen molar-refractivity contribution in [1.82, 2.24) is 15.5 Å². The van der Waals surface area contributed by atoms with Gasteiger partial charge in [-0.05, 0) is 70.5 Å². The zero-order chi connectivity index (χ0) is 15.2. The first-order valence-corrected chi connectivity index (χ1v) is 8.77. The maximum atomic E-state index is 12.1. The van der Waals surface area contributed by atoms with Crippen LogP contribution in [0.3, 0.4) is 0 Å². The van der Waals surface area contributed by atoms with Crippen molar-refractivity contribution in [2.24, 2.45) is 17.8 Å². The number of rotatable bonds is 6. The SMILES string of the molecule is CC(CC(=O)NCC1CCN(C(C)C)C1)C1CCCNC1. The molecule has 3 atom stereocenters. The normalized spacial score (nSPS) is 28.8. The number of carbonyl (C=O) groups is 1. The lowest BCUT2D eigenvalue weighted by molar-refractivity contribution is -0.122. The number of likely N-dealkylation sites (tertiary alicyclic amines) is 1. The molecule has 21 heavy (non-hydrogen) atoms. The molecular weight excluding hydrogens is 262 g/mol. The minimum atomic E-state index is 0.246. The van der Waals surface area contributed by atoms with Gasteiger partial charge >= 0.3 is 0 Å². The first kappa shape index (κ1) is 16.8. The summed E-state index contributed by atoms with van der Waals surface area (Å²) in [6.07, 6.45) is 4.44. The quantitative estimate of drug-likeness (QED) is 0.786. The van der Waals surface area contributed by atoms with E-state index >= 15 is 0 Å². The first-order chi connectivity index (χ1) is 10.1. The third-order valence-electron chi connectivity index (χ3n) is 5.28. The number of piperidine rings is 1. The molecule has 2 aliphatic heterocycles. The maximum Gasteiger partial charge on any atom is 0.220 e. The highest BCUT2D eigenvalue weighted by Crippen LogP contribution is 2.22. The molecule has 122 valence electrons. The monoisotopic (exact) mass is 295 g/mol. The van der Waals surface area contributed by atoms with E-state index < -0.39 is 0 Å². The van der Waals surface area contributed by atoms with E-state index in [9.17, 15) is 4.79 Å². The lowest BCUT2D eigenvalue weighted by Gasteiger charge is -2.28. The summed E-state index contributed by atoms with van der Waals surface area (Å²) >= 11 is 0. The van der Waals surface area contributed by atoms with E-state index in [0.29, 0.717) is 30.2 Å². The second-order valence-electron chi connectivity index (χ2n) is 7.34.